The second-order valence-corrected chi connectivity index (χ2v) is 8.61. The molecule has 1 fully saturated rings. The molecular formula is C18H20N4O4S2. The first-order chi connectivity index (χ1) is 13.4. The Bertz CT molecular complexity index is 941. The molecule has 0 saturated carbocycles. The van der Waals surface area contributed by atoms with Gasteiger partial charge in [-0.25, -0.2) is 8.42 Å². The third kappa shape index (κ3) is 4.64. The average molecular weight is 421 g/mol. The van der Waals surface area contributed by atoms with Gasteiger partial charge < -0.3 is 10.2 Å². The van der Waals surface area contributed by atoms with Gasteiger partial charge in [0.1, 0.15) is 0 Å². The van der Waals surface area contributed by atoms with Gasteiger partial charge in [-0.05, 0) is 29.9 Å². The fourth-order valence-electron chi connectivity index (χ4n) is 2.91. The van der Waals surface area contributed by atoms with Crippen molar-refractivity contribution in [2.75, 3.05) is 26.2 Å². The molecule has 28 heavy (non-hydrogen) atoms. The molecule has 1 heterocycles. The van der Waals surface area contributed by atoms with Crippen molar-refractivity contribution in [1.29, 1.82) is 0 Å². The molecule has 148 valence electrons. The van der Waals surface area contributed by atoms with Gasteiger partial charge in [-0.2, -0.15) is 4.31 Å². The van der Waals surface area contributed by atoms with E-state index in [1.165, 1.54) is 28.6 Å². The van der Waals surface area contributed by atoms with Gasteiger partial charge in [0.05, 0.1) is 9.82 Å². The topological polar surface area (TPSA) is 95.8 Å². The third-order valence-electron chi connectivity index (χ3n) is 4.50. The maximum atomic E-state index is 12.7. The van der Waals surface area contributed by atoms with Crippen molar-refractivity contribution < 1.29 is 13.3 Å². The highest BCUT2D eigenvalue weighted by molar-refractivity contribution is 7.89. The largest absolute Gasteiger partial charge is 0.358 e. The highest BCUT2D eigenvalue weighted by Crippen LogP contribution is 2.20. The predicted octanol–water partition coefficient (Wildman–Crippen LogP) is 1.98. The summed E-state index contributed by atoms with van der Waals surface area (Å²) in [5, 5.41) is 14.5. The number of hydrogen-bond acceptors (Lipinski definition) is 5. The summed E-state index contributed by atoms with van der Waals surface area (Å²) in [7, 11) is -3.69. The van der Waals surface area contributed by atoms with Crippen LogP contribution >= 0.6 is 12.2 Å². The van der Waals surface area contributed by atoms with E-state index in [0.717, 1.165) is 5.56 Å². The van der Waals surface area contributed by atoms with Crippen LogP contribution in [0.25, 0.3) is 0 Å². The monoisotopic (exact) mass is 420 g/mol. The Kier molecular flexibility index (Phi) is 6.22. The van der Waals surface area contributed by atoms with Crippen LogP contribution < -0.4 is 5.32 Å². The zero-order valence-corrected chi connectivity index (χ0v) is 16.7. The lowest BCUT2D eigenvalue weighted by Gasteiger charge is -2.35. The maximum Gasteiger partial charge on any atom is 0.269 e. The Balaban J connectivity index is 1.56. The number of nitrogens with one attached hydrogen (secondary N) is 1. The Morgan fingerprint density at radius 2 is 1.64 bits per heavy atom. The predicted molar refractivity (Wildman–Crippen MR) is 109 cm³/mol. The van der Waals surface area contributed by atoms with E-state index in [4.69, 9.17) is 12.2 Å². The summed E-state index contributed by atoms with van der Waals surface area (Å²) in [6.45, 7) is 2.17. The average Bonchev–Trinajstić information content (AvgIpc) is 2.73. The Morgan fingerprint density at radius 1 is 1.04 bits per heavy atom. The Labute approximate surface area is 169 Å². The fraction of sp³-hybridized carbons (Fsp3) is 0.278. The molecule has 0 unspecified atom stereocenters. The fourth-order valence-corrected chi connectivity index (χ4v) is 4.58. The molecule has 0 aromatic heterocycles. The smallest absolute Gasteiger partial charge is 0.269 e. The highest BCUT2D eigenvalue weighted by Gasteiger charge is 2.29. The van der Waals surface area contributed by atoms with Crippen LogP contribution in [0.5, 0.6) is 0 Å². The van der Waals surface area contributed by atoms with Crippen LogP contribution in [-0.4, -0.2) is 53.8 Å². The summed E-state index contributed by atoms with van der Waals surface area (Å²) in [6.07, 6.45) is 0. The van der Waals surface area contributed by atoms with Gasteiger partial charge in [-0.15, -0.1) is 0 Å². The maximum absolute atomic E-state index is 12.7. The van der Waals surface area contributed by atoms with E-state index >= 15 is 0 Å². The van der Waals surface area contributed by atoms with Crippen LogP contribution in [-0.2, 0) is 16.6 Å². The number of nitrogens with zero attached hydrogens (tertiary/aromatic N) is 3. The standard InChI is InChI=1S/C18H20N4O4S2/c23-22(24)16-6-8-17(9-7-16)28(25,26)21-12-10-20(11-13-21)18(27)19-14-15-4-2-1-3-5-15/h1-9H,10-14H2,(H,19,27). The zero-order valence-electron chi connectivity index (χ0n) is 15.0. The van der Waals surface area contributed by atoms with Gasteiger partial charge in [0.25, 0.3) is 5.69 Å². The first-order valence-corrected chi connectivity index (χ1v) is 10.5. The summed E-state index contributed by atoms with van der Waals surface area (Å²) in [6, 6.07) is 14.8. The molecule has 0 bridgehead atoms. The van der Waals surface area contributed by atoms with E-state index in [1.807, 2.05) is 35.2 Å². The number of sulfonamides is 1. The second kappa shape index (κ2) is 8.63. The molecule has 2 aromatic rings. The molecule has 10 heteroatoms. The molecule has 0 spiro atoms. The van der Waals surface area contributed by atoms with Crippen molar-refractivity contribution in [3.63, 3.8) is 0 Å². The van der Waals surface area contributed by atoms with Crippen molar-refractivity contribution in [1.82, 2.24) is 14.5 Å². The normalized spacial score (nSPS) is 15.2. The Hall–Kier alpha value is -2.56. The van der Waals surface area contributed by atoms with Crippen molar-refractivity contribution in [2.24, 2.45) is 0 Å². The lowest BCUT2D eigenvalue weighted by molar-refractivity contribution is -0.384. The lowest BCUT2D eigenvalue weighted by Crippen LogP contribution is -2.52. The molecule has 8 nitrogen and oxygen atoms in total. The molecular weight excluding hydrogens is 400 g/mol. The molecule has 1 aliphatic rings. The summed E-state index contributed by atoms with van der Waals surface area (Å²) >= 11 is 5.42. The zero-order chi connectivity index (χ0) is 20.1. The molecule has 0 radical (unpaired) electrons. The van der Waals surface area contributed by atoms with E-state index in [2.05, 4.69) is 5.32 Å². The molecule has 0 aliphatic carbocycles. The van der Waals surface area contributed by atoms with Crippen molar-refractivity contribution in [3.05, 3.63) is 70.3 Å². The van der Waals surface area contributed by atoms with Crippen LogP contribution in [0.15, 0.2) is 59.5 Å². The number of thiocarbonyl (C=S) groups is 1. The third-order valence-corrected chi connectivity index (χ3v) is 6.81. The van der Waals surface area contributed by atoms with Crippen LogP contribution in [0.1, 0.15) is 5.56 Å². The number of non-ortho nitro benzene ring substituents is 1. The molecule has 1 aliphatic heterocycles. The van der Waals surface area contributed by atoms with Gasteiger partial charge in [0, 0.05) is 44.9 Å². The van der Waals surface area contributed by atoms with Crippen LogP contribution in [0.4, 0.5) is 5.69 Å². The van der Waals surface area contributed by atoms with Crippen LogP contribution in [0, 0.1) is 10.1 Å². The van der Waals surface area contributed by atoms with E-state index in [1.54, 1.807) is 0 Å². The summed E-state index contributed by atoms with van der Waals surface area (Å²) in [5.74, 6) is 0. The second-order valence-electron chi connectivity index (χ2n) is 6.29. The minimum absolute atomic E-state index is 0.0522. The van der Waals surface area contributed by atoms with Crippen LogP contribution in [0.2, 0.25) is 0 Å². The van der Waals surface area contributed by atoms with Crippen LogP contribution in [0.3, 0.4) is 0 Å². The Morgan fingerprint density at radius 3 is 2.21 bits per heavy atom. The highest BCUT2D eigenvalue weighted by atomic mass is 32.2. The number of hydrogen-bond donors (Lipinski definition) is 1. The molecule has 3 rings (SSSR count). The SMILES string of the molecule is O=[N+]([O-])c1ccc(S(=O)(=O)N2CCN(C(=S)NCc3ccccc3)CC2)cc1. The number of piperazine rings is 1. The lowest BCUT2D eigenvalue weighted by atomic mass is 10.2. The first kappa shape index (κ1) is 20.2. The van der Waals surface area contributed by atoms with Gasteiger partial charge in [-0.1, -0.05) is 30.3 Å². The quantitative estimate of drug-likeness (QED) is 0.449. The van der Waals surface area contributed by atoms with Crippen molar-refractivity contribution in [2.45, 2.75) is 11.4 Å². The van der Waals surface area contributed by atoms with E-state index in [-0.39, 0.29) is 10.6 Å². The number of nitro benzene ring substituents is 1. The van der Waals surface area contributed by atoms with Gasteiger partial charge in [0.2, 0.25) is 10.0 Å². The van der Waals surface area contributed by atoms with Gasteiger partial charge >= 0.3 is 0 Å². The van der Waals surface area contributed by atoms with Gasteiger partial charge in [0.15, 0.2) is 5.11 Å². The molecule has 0 atom stereocenters. The summed E-state index contributed by atoms with van der Waals surface area (Å²) in [4.78, 5) is 12.2. The molecule has 1 saturated heterocycles. The molecule has 2 aromatic carbocycles. The number of benzene rings is 2. The molecule has 1 N–H and O–H groups in total. The molecule has 0 amide bonds. The first-order valence-electron chi connectivity index (χ1n) is 8.69. The minimum Gasteiger partial charge on any atom is -0.358 e. The summed E-state index contributed by atoms with van der Waals surface area (Å²) < 4.78 is 26.9. The van der Waals surface area contributed by atoms with E-state index in [9.17, 15) is 18.5 Å². The minimum atomic E-state index is -3.69. The van der Waals surface area contributed by atoms with Gasteiger partial charge in [-0.3, -0.25) is 10.1 Å². The van der Waals surface area contributed by atoms with Crippen molar-refractivity contribution >= 4 is 33.0 Å². The number of rotatable bonds is 5. The van der Waals surface area contributed by atoms with E-state index in [0.29, 0.717) is 37.8 Å². The van der Waals surface area contributed by atoms with Crippen molar-refractivity contribution in [3.8, 4) is 0 Å². The number of nitro groups is 1. The van der Waals surface area contributed by atoms with E-state index < -0.39 is 14.9 Å². The summed E-state index contributed by atoms with van der Waals surface area (Å²) in [5.41, 5.74) is 0.975.